The van der Waals surface area contributed by atoms with Crippen LogP contribution in [0.2, 0.25) is 0 Å². The van der Waals surface area contributed by atoms with Gasteiger partial charge in [0.15, 0.2) is 0 Å². The van der Waals surface area contributed by atoms with Gasteiger partial charge in [-0.05, 0) is 98.5 Å². The Morgan fingerprint density at radius 1 is 1.14 bits per heavy atom. The second-order valence-corrected chi connectivity index (χ2v) is 9.39. The number of benzene rings is 1. The van der Waals surface area contributed by atoms with Crippen LogP contribution >= 0.6 is 0 Å². The number of amides is 2. The van der Waals surface area contributed by atoms with Gasteiger partial charge in [-0.15, -0.1) is 0 Å². The zero-order valence-corrected chi connectivity index (χ0v) is 21.5. The zero-order chi connectivity index (χ0) is 26.3. The predicted octanol–water partition coefficient (Wildman–Crippen LogP) is 6.13. The molecule has 1 saturated carbocycles. The number of halogens is 1. The van der Waals surface area contributed by atoms with Gasteiger partial charge in [0, 0.05) is 31.0 Å². The molecule has 3 N–H and O–H groups in total. The summed E-state index contributed by atoms with van der Waals surface area (Å²) in [5, 5.41) is 8.55. The molecule has 0 aliphatic heterocycles. The van der Waals surface area contributed by atoms with E-state index in [0.29, 0.717) is 12.0 Å². The molecular formula is C28H34FN5O2. The number of aldehydes is 1. The molecule has 2 heterocycles. The highest BCUT2D eigenvalue weighted by atomic mass is 19.1. The SMILES string of the molecule is CC=O.CNc1cc(-c2cc(-c3cc(NC(=O)NCCC4(C)CC4)c(F)cc3C)cc(C)n2)ccn1. The molecule has 3 aromatic rings. The number of nitrogens with one attached hydrogen (secondary N) is 3. The topological polar surface area (TPSA) is 96.0 Å². The third-order valence-electron chi connectivity index (χ3n) is 6.26. The number of aryl methyl sites for hydroxylation is 2. The van der Waals surface area contributed by atoms with Crippen molar-refractivity contribution >= 4 is 23.8 Å². The van der Waals surface area contributed by atoms with E-state index in [9.17, 15) is 9.18 Å². The molecule has 1 fully saturated rings. The quantitative estimate of drug-likeness (QED) is 0.346. The Morgan fingerprint density at radius 3 is 2.53 bits per heavy atom. The van der Waals surface area contributed by atoms with Crippen LogP contribution < -0.4 is 16.0 Å². The van der Waals surface area contributed by atoms with Crippen LogP contribution in [0.5, 0.6) is 0 Å². The van der Waals surface area contributed by atoms with Crippen molar-refractivity contribution in [3.63, 3.8) is 0 Å². The highest BCUT2D eigenvalue weighted by Gasteiger charge is 2.36. The smallest absolute Gasteiger partial charge is 0.319 e. The first-order valence-electron chi connectivity index (χ1n) is 12.1. The Balaban J connectivity index is 0.00000115. The van der Waals surface area contributed by atoms with Crippen molar-refractivity contribution in [1.29, 1.82) is 0 Å². The number of hydrogen-bond donors (Lipinski definition) is 3. The largest absolute Gasteiger partial charge is 0.373 e. The number of rotatable bonds is 7. The summed E-state index contributed by atoms with van der Waals surface area (Å²) in [6.45, 7) is 8.03. The van der Waals surface area contributed by atoms with Crippen molar-refractivity contribution in [3.05, 3.63) is 59.7 Å². The fourth-order valence-corrected chi connectivity index (χ4v) is 3.89. The molecular weight excluding hydrogens is 457 g/mol. The standard InChI is InChI=1S/C26H30FN5O.C2H4O/c1-16-11-21(27)23(32-25(33)30-10-8-26(3)6-7-26)15-20(16)19-12-17(2)31-22(13-19)18-5-9-29-24(14-18)28-4;1-2-3/h5,9,11-15H,6-8,10H2,1-4H3,(H,28,29)(H2,30,32,33);2H,1H3. The van der Waals surface area contributed by atoms with Gasteiger partial charge in [-0.3, -0.25) is 4.98 Å². The average molecular weight is 492 g/mol. The lowest BCUT2D eigenvalue weighted by Crippen LogP contribution is -2.30. The van der Waals surface area contributed by atoms with E-state index in [1.165, 1.54) is 25.8 Å². The van der Waals surface area contributed by atoms with Gasteiger partial charge in [0.25, 0.3) is 0 Å². The van der Waals surface area contributed by atoms with Crippen molar-refractivity contribution in [2.24, 2.45) is 5.41 Å². The third-order valence-corrected chi connectivity index (χ3v) is 6.26. The maximum atomic E-state index is 14.7. The van der Waals surface area contributed by atoms with E-state index in [2.05, 4.69) is 32.8 Å². The van der Waals surface area contributed by atoms with Gasteiger partial charge in [-0.25, -0.2) is 14.2 Å². The molecule has 0 spiro atoms. The molecule has 2 aromatic heterocycles. The number of anilines is 2. The van der Waals surface area contributed by atoms with E-state index in [1.807, 2.05) is 45.2 Å². The number of carbonyl (C=O) groups is 2. The lowest BCUT2D eigenvalue weighted by Gasteiger charge is -2.15. The lowest BCUT2D eigenvalue weighted by molar-refractivity contribution is -0.106. The van der Waals surface area contributed by atoms with Crippen LogP contribution in [-0.4, -0.2) is 35.9 Å². The predicted molar refractivity (Wildman–Crippen MR) is 143 cm³/mol. The van der Waals surface area contributed by atoms with Crippen LogP contribution in [0.3, 0.4) is 0 Å². The number of hydrogen-bond acceptors (Lipinski definition) is 5. The lowest BCUT2D eigenvalue weighted by atomic mass is 9.97. The maximum Gasteiger partial charge on any atom is 0.319 e. The molecule has 7 nitrogen and oxygen atoms in total. The first-order valence-corrected chi connectivity index (χ1v) is 12.1. The van der Waals surface area contributed by atoms with Crippen LogP contribution in [0.4, 0.5) is 20.7 Å². The number of pyridine rings is 2. The Morgan fingerprint density at radius 2 is 1.86 bits per heavy atom. The molecule has 0 bridgehead atoms. The molecule has 2 amide bonds. The number of carbonyl (C=O) groups excluding carboxylic acids is 2. The molecule has 0 saturated heterocycles. The van der Waals surface area contributed by atoms with E-state index in [-0.39, 0.29) is 5.69 Å². The molecule has 1 aliphatic carbocycles. The fraction of sp³-hybridized carbons (Fsp3) is 0.357. The Kier molecular flexibility index (Phi) is 8.74. The van der Waals surface area contributed by atoms with Gasteiger partial charge < -0.3 is 20.7 Å². The zero-order valence-electron chi connectivity index (χ0n) is 21.5. The molecule has 1 aliphatic rings. The first kappa shape index (κ1) is 26.8. The Bertz CT molecular complexity index is 1240. The van der Waals surface area contributed by atoms with Crippen LogP contribution in [-0.2, 0) is 4.79 Å². The number of aromatic nitrogens is 2. The summed E-state index contributed by atoms with van der Waals surface area (Å²) in [7, 11) is 1.82. The first-order chi connectivity index (χ1) is 17.2. The third kappa shape index (κ3) is 7.10. The minimum Gasteiger partial charge on any atom is -0.373 e. The monoisotopic (exact) mass is 491 g/mol. The molecule has 4 rings (SSSR count). The number of nitrogens with zero attached hydrogens (tertiary/aromatic N) is 2. The van der Waals surface area contributed by atoms with Crippen molar-refractivity contribution in [3.8, 4) is 22.4 Å². The van der Waals surface area contributed by atoms with Gasteiger partial charge in [0.2, 0.25) is 0 Å². The molecule has 8 heteroatoms. The van der Waals surface area contributed by atoms with Crippen molar-refractivity contribution in [2.75, 3.05) is 24.2 Å². The van der Waals surface area contributed by atoms with Gasteiger partial charge in [-0.2, -0.15) is 0 Å². The van der Waals surface area contributed by atoms with Crippen LogP contribution in [0.1, 0.15) is 44.4 Å². The van der Waals surface area contributed by atoms with E-state index >= 15 is 0 Å². The summed E-state index contributed by atoms with van der Waals surface area (Å²) in [5.41, 5.74) is 5.61. The van der Waals surface area contributed by atoms with E-state index in [1.54, 1.807) is 12.3 Å². The molecule has 0 unspecified atom stereocenters. The van der Waals surface area contributed by atoms with Gasteiger partial charge in [-0.1, -0.05) is 6.92 Å². The van der Waals surface area contributed by atoms with Crippen LogP contribution in [0.25, 0.3) is 22.4 Å². The Hall–Kier alpha value is -3.81. The summed E-state index contributed by atoms with van der Waals surface area (Å²) in [6, 6.07) is 10.5. The van der Waals surface area contributed by atoms with Crippen LogP contribution in [0, 0.1) is 25.1 Å². The highest BCUT2D eigenvalue weighted by molar-refractivity contribution is 5.90. The van der Waals surface area contributed by atoms with E-state index in [0.717, 1.165) is 52.2 Å². The minimum absolute atomic E-state index is 0.156. The minimum atomic E-state index is -0.459. The average Bonchev–Trinajstić information content (AvgIpc) is 3.57. The van der Waals surface area contributed by atoms with Crippen molar-refractivity contribution < 1.29 is 14.0 Å². The summed E-state index contributed by atoms with van der Waals surface area (Å²) in [4.78, 5) is 30.1. The van der Waals surface area contributed by atoms with Gasteiger partial charge >= 0.3 is 6.03 Å². The molecule has 36 heavy (non-hydrogen) atoms. The summed E-state index contributed by atoms with van der Waals surface area (Å²) in [6.07, 6.45) is 5.83. The van der Waals surface area contributed by atoms with Crippen LogP contribution in [0.15, 0.2) is 42.6 Å². The highest BCUT2D eigenvalue weighted by Crippen LogP contribution is 2.47. The van der Waals surface area contributed by atoms with Gasteiger partial charge in [0.1, 0.15) is 17.9 Å². The van der Waals surface area contributed by atoms with E-state index in [4.69, 9.17) is 4.79 Å². The summed E-state index contributed by atoms with van der Waals surface area (Å²) < 4.78 is 14.7. The second kappa shape index (κ2) is 11.7. The molecule has 0 radical (unpaired) electrons. The summed E-state index contributed by atoms with van der Waals surface area (Å²) in [5.74, 6) is 0.294. The Labute approximate surface area is 212 Å². The maximum absolute atomic E-state index is 14.7. The fourth-order valence-electron chi connectivity index (χ4n) is 3.89. The second-order valence-electron chi connectivity index (χ2n) is 9.39. The van der Waals surface area contributed by atoms with E-state index < -0.39 is 11.8 Å². The van der Waals surface area contributed by atoms with Crippen molar-refractivity contribution in [1.82, 2.24) is 15.3 Å². The molecule has 0 atom stereocenters. The van der Waals surface area contributed by atoms with Crippen molar-refractivity contribution in [2.45, 2.75) is 47.0 Å². The van der Waals surface area contributed by atoms with Gasteiger partial charge in [0.05, 0.1) is 11.4 Å². The normalized spacial score (nSPS) is 13.2. The molecule has 1 aromatic carbocycles. The number of urea groups is 1. The molecule has 190 valence electrons. The summed E-state index contributed by atoms with van der Waals surface area (Å²) >= 11 is 0.